The van der Waals surface area contributed by atoms with Gasteiger partial charge in [-0.1, -0.05) is 57.5 Å². The Balaban J connectivity index is 2.50. The van der Waals surface area contributed by atoms with Crippen LogP contribution in [0.15, 0.2) is 30.3 Å². The third-order valence-electron chi connectivity index (χ3n) is 3.50. The van der Waals surface area contributed by atoms with Crippen LogP contribution >= 0.6 is 0 Å². The fourth-order valence-corrected chi connectivity index (χ4v) is 2.62. The van der Waals surface area contributed by atoms with Crippen molar-refractivity contribution in [2.24, 2.45) is 5.41 Å². The lowest BCUT2D eigenvalue weighted by atomic mass is 9.89. The van der Waals surface area contributed by atoms with Gasteiger partial charge < -0.3 is 10.1 Å². The van der Waals surface area contributed by atoms with Crippen molar-refractivity contribution in [1.82, 2.24) is 5.32 Å². The maximum absolute atomic E-state index is 12.0. The third kappa shape index (κ3) is 11.6. The minimum absolute atomic E-state index is 0.0938. The van der Waals surface area contributed by atoms with E-state index in [0.29, 0.717) is 6.42 Å². The SMILES string of the molecule is CC(C)(C)CCCC(COS(C)(=O)=O)NC(=O)OCc1ccccc1. The summed E-state index contributed by atoms with van der Waals surface area (Å²) in [6, 6.07) is 8.93. The number of ether oxygens (including phenoxy) is 1. The minimum Gasteiger partial charge on any atom is -0.445 e. The number of amides is 1. The lowest BCUT2D eigenvalue weighted by Gasteiger charge is -2.21. The largest absolute Gasteiger partial charge is 0.445 e. The van der Waals surface area contributed by atoms with Gasteiger partial charge in [0.25, 0.3) is 10.1 Å². The normalized spacial score (nSPS) is 13.3. The highest BCUT2D eigenvalue weighted by Crippen LogP contribution is 2.22. The fourth-order valence-electron chi connectivity index (χ4n) is 2.21. The molecular weight excluding hydrogens is 342 g/mol. The van der Waals surface area contributed by atoms with E-state index in [1.807, 2.05) is 30.3 Å². The molecule has 142 valence electrons. The van der Waals surface area contributed by atoms with Crippen LogP contribution < -0.4 is 5.32 Å². The molecule has 7 heteroatoms. The van der Waals surface area contributed by atoms with E-state index in [9.17, 15) is 13.2 Å². The quantitative estimate of drug-likeness (QED) is 0.672. The predicted octanol–water partition coefficient (Wildman–Crippen LogP) is 3.47. The first-order chi connectivity index (χ1) is 11.6. The van der Waals surface area contributed by atoms with Gasteiger partial charge in [-0.25, -0.2) is 4.79 Å². The first kappa shape index (κ1) is 21.4. The smallest absolute Gasteiger partial charge is 0.407 e. The van der Waals surface area contributed by atoms with Crippen molar-refractivity contribution in [2.75, 3.05) is 12.9 Å². The van der Waals surface area contributed by atoms with Gasteiger partial charge in [0.15, 0.2) is 0 Å². The molecule has 6 nitrogen and oxygen atoms in total. The Hall–Kier alpha value is -1.60. The maximum Gasteiger partial charge on any atom is 0.407 e. The molecule has 0 aliphatic rings. The van der Waals surface area contributed by atoms with Crippen LogP contribution in [0.4, 0.5) is 4.79 Å². The van der Waals surface area contributed by atoms with Gasteiger partial charge in [0, 0.05) is 0 Å². The molecule has 0 saturated heterocycles. The molecule has 0 spiro atoms. The Morgan fingerprint density at radius 3 is 2.40 bits per heavy atom. The van der Waals surface area contributed by atoms with E-state index in [2.05, 4.69) is 26.1 Å². The van der Waals surface area contributed by atoms with Crippen molar-refractivity contribution < 1.29 is 22.1 Å². The molecule has 0 saturated carbocycles. The topological polar surface area (TPSA) is 81.7 Å². The second-order valence-electron chi connectivity index (χ2n) is 7.34. The maximum atomic E-state index is 12.0. The number of hydrogen-bond acceptors (Lipinski definition) is 5. The van der Waals surface area contributed by atoms with Crippen LogP contribution in [0.2, 0.25) is 0 Å². The Bertz CT molecular complexity index is 623. The summed E-state index contributed by atoms with van der Waals surface area (Å²) in [5.74, 6) is 0. The van der Waals surface area contributed by atoms with Gasteiger partial charge in [0.1, 0.15) is 6.61 Å². The van der Waals surface area contributed by atoms with Crippen LogP contribution in [0, 0.1) is 5.41 Å². The van der Waals surface area contributed by atoms with Gasteiger partial charge in [-0.2, -0.15) is 8.42 Å². The van der Waals surface area contributed by atoms with Crippen molar-refractivity contribution in [2.45, 2.75) is 52.7 Å². The standard InChI is InChI=1S/C18H29NO5S/c1-18(2,3)12-8-11-16(14-24-25(4,21)22)19-17(20)23-13-15-9-6-5-7-10-15/h5-7,9-10,16H,8,11-14H2,1-4H3,(H,19,20). The van der Waals surface area contributed by atoms with Gasteiger partial charge in [-0.3, -0.25) is 4.18 Å². The number of benzene rings is 1. The Morgan fingerprint density at radius 1 is 1.20 bits per heavy atom. The summed E-state index contributed by atoms with van der Waals surface area (Å²) < 4.78 is 32.4. The first-order valence-corrected chi connectivity index (χ1v) is 10.2. The summed E-state index contributed by atoms with van der Waals surface area (Å²) in [5.41, 5.74) is 1.06. The molecule has 0 bridgehead atoms. The number of rotatable bonds is 9. The molecule has 1 aromatic carbocycles. The molecule has 1 atom stereocenters. The van der Waals surface area contributed by atoms with Crippen molar-refractivity contribution in [3.8, 4) is 0 Å². The summed E-state index contributed by atoms with van der Waals surface area (Å²) in [6.45, 7) is 6.47. The van der Waals surface area contributed by atoms with E-state index in [4.69, 9.17) is 8.92 Å². The van der Waals surface area contributed by atoms with E-state index >= 15 is 0 Å². The summed E-state index contributed by atoms with van der Waals surface area (Å²) in [7, 11) is -3.56. The lowest BCUT2D eigenvalue weighted by molar-refractivity contribution is 0.129. The Kier molecular flexibility index (Phi) is 8.38. The molecule has 1 unspecified atom stereocenters. The molecule has 0 radical (unpaired) electrons. The molecule has 25 heavy (non-hydrogen) atoms. The molecule has 0 heterocycles. The van der Waals surface area contributed by atoms with Crippen molar-refractivity contribution in [1.29, 1.82) is 0 Å². The van der Waals surface area contributed by atoms with Crippen molar-refractivity contribution in [3.63, 3.8) is 0 Å². The fraction of sp³-hybridized carbons (Fsp3) is 0.611. The number of alkyl carbamates (subject to hydrolysis) is 1. The average Bonchev–Trinajstić information content (AvgIpc) is 2.49. The third-order valence-corrected chi connectivity index (χ3v) is 4.06. The van der Waals surface area contributed by atoms with Crippen molar-refractivity contribution in [3.05, 3.63) is 35.9 Å². The average molecular weight is 371 g/mol. The number of hydrogen-bond donors (Lipinski definition) is 1. The summed E-state index contributed by atoms with van der Waals surface area (Å²) in [5, 5.41) is 2.70. The first-order valence-electron chi connectivity index (χ1n) is 8.37. The highest BCUT2D eigenvalue weighted by atomic mass is 32.2. The van der Waals surface area contributed by atoms with E-state index in [1.54, 1.807) is 0 Å². The molecule has 0 aromatic heterocycles. The van der Waals surface area contributed by atoms with Crippen molar-refractivity contribution >= 4 is 16.2 Å². The van der Waals surface area contributed by atoms with Crippen LogP contribution in [0.5, 0.6) is 0 Å². The van der Waals surface area contributed by atoms with Gasteiger partial charge in [-0.05, 0) is 23.8 Å². The number of nitrogens with one attached hydrogen (secondary N) is 1. The molecule has 1 rings (SSSR count). The van der Waals surface area contributed by atoms with E-state index in [1.165, 1.54) is 0 Å². The Morgan fingerprint density at radius 2 is 1.84 bits per heavy atom. The summed E-state index contributed by atoms with van der Waals surface area (Å²) in [4.78, 5) is 12.0. The van der Waals surface area contributed by atoms with Crippen LogP contribution in [0.3, 0.4) is 0 Å². The molecule has 0 aliphatic carbocycles. The molecular formula is C18H29NO5S. The number of carbonyl (C=O) groups excluding carboxylic acids is 1. The molecule has 0 fully saturated rings. The molecule has 1 amide bonds. The van der Waals surface area contributed by atoms with Gasteiger partial charge >= 0.3 is 6.09 Å². The zero-order chi connectivity index (χ0) is 18.9. The van der Waals surface area contributed by atoms with Crippen LogP contribution in [0.25, 0.3) is 0 Å². The van der Waals surface area contributed by atoms with E-state index in [-0.39, 0.29) is 18.6 Å². The summed E-state index contributed by atoms with van der Waals surface area (Å²) >= 11 is 0. The highest BCUT2D eigenvalue weighted by molar-refractivity contribution is 7.85. The second-order valence-corrected chi connectivity index (χ2v) is 8.99. The molecule has 1 aromatic rings. The van der Waals surface area contributed by atoms with E-state index < -0.39 is 22.3 Å². The molecule has 0 aliphatic heterocycles. The zero-order valence-corrected chi connectivity index (χ0v) is 16.3. The van der Waals surface area contributed by atoms with Crippen LogP contribution in [-0.2, 0) is 25.6 Å². The summed E-state index contributed by atoms with van der Waals surface area (Å²) in [6.07, 6.45) is 2.84. The van der Waals surface area contributed by atoms with Gasteiger partial charge in [-0.15, -0.1) is 0 Å². The molecule has 1 N–H and O–H groups in total. The number of carbonyl (C=O) groups is 1. The van der Waals surface area contributed by atoms with Gasteiger partial charge in [0.2, 0.25) is 0 Å². The van der Waals surface area contributed by atoms with E-state index in [0.717, 1.165) is 24.7 Å². The van der Waals surface area contributed by atoms with Crippen LogP contribution in [0.1, 0.15) is 45.6 Å². The monoisotopic (exact) mass is 371 g/mol. The van der Waals surface area contributed by atoms with Crippen LogP contribution in [-0.4, -0.2) is 33.4 Å². The minimum atomic E-state index is -3.56. The zero-order valence-electron chi connectivity index (χ0n) is 15.4. The predicted molar refractivity (Wildman–Crippen MR) is 97.7 cm³/mol. The second kappa shape index (κ2) is 9.77. The Labute approximate surface area is 151 Å². The lowest BCUT2D eigenvalue weighted by Crippen LogP contribution is -2.39. The highest BCUT2D eigenvalue weighted by Gasteiger charge is 2.18. The van der Waals surface area contributed by atoms with Gasteiger partial charge in [0.05, 0.1) is 18.9 Å².